The van der Waals surface area contributed by atoms with Crippen LogP contribution in [0, 0.1) is 16.7 Å². The second-order valence-corrected chi connectivity index (χ2v) is 4.90. The molecular weight excluding hydrogens is 246 g/mol. The predicted octanol–water partition coefficient (Wildman–Crippen LogP) is 0.137. The van der Waals surface area contributed by atoms with Gasteiger partial charge in [-0.05, 0) is 18.8 Å². The molecule has 7 heteroatoms. The molecule has 1 atom stereocenters. The Labute approximate surface area is 110 Å². The summed E-state index contributed by atoms with van der Waals surface area (Å²) < 4.78 is 0. The van der Waals surface area contributed by atoms with Crippen molar-refractivity contribution >= 4 is 23.9 Å². The lowest BCUT2D eigenvalue weighted by Crippen LogP contribution is -2.58. The third-order valence-electron chi connectivity index (χ3n) is 3.86. The minimum Gasteiger partial charge on any atom is -0.348 e. The van der Waals surface area contributed by atoms with Crippen LogP contribution in [0.5, 0.6) is 0 Å². The Balaban J connectivity index is 2.09. The summed E-state index contributed by atoms with van der Waals surface area (Å²) in [7, 11) is 0. The van der Waals surface area contributed by atoms with E-state index in [9.17, 15) is 9.59 Å². The molecule has 1 aliphatic heterocycles. The van der Waals surface area contributed by atoms with Crippen LogP contribution in [-0.4, -0.2) is 35.9 Å². The molecule has 0 bridgehead atoms. The molecule has 3 amide bonds. The lowest BCUT2D eigenvalue weighted by molar-refractivity contribution is -0.115. The van der Waals surface area contributed by atoms with Crippen molar-refractivity contribution in [2.75, 3.05) is 6.54 Å². The molecule has 2 aliphatic rings. The second-order valence-electron chi connectivity index (χ2n) is 4.90. The predicted molar refractivity (Wildman–Crippen MR) is 70.4 cm³/mol. The number of hydrogen-bond acceptors (Lipinski definition) is 4. The summed E-state index contributed by atoms with van der Waals surface area (Å²) in [6.07, 6.45) is 3.73. The van der Waals surface area contributed by atoms with Gasteiger partial charge in [-0.15, -0.1) is 0 Å². The van der Waals surface area contributed by atoms with E-state index >= 15 is 0 Å². The van der Waals surface area contributed by atoms with Crippen molar-refractivity contribution in [1.29, 1.82) is 10.8 Å². The maximum absolute atomic E-state index is 11.5. The standard InChI is InChI=1S/C12H17N5O2/c1-7-12(8-3-2-4-8,17-11(19)16-7)6-15-10(18)9(14)5-13/h5,8,13-14H,1-4,6H2,(H,15,18)(H2,16,17,19). The fourth-order valence-corrected chi connectivity index (χ4v) is 2.48. The van der Waals surface area contributed by atoms with E-state index in [4.69, 9.17) is 10.8 Å². The molecule has 1 saturated heterocycles. The molecule has 1 heterocycles. The van der Waals surface area contributed by atoms with Gasteiger partial charge in [0.25, 0.3) is 5.91 Å². The molecule has 0 aromatic carbocycles. The van der Waals surface area contributed by atoms with Crippen LogP contribution in [0.15, 0.2) is 12.3 Å². The number of hydrogen-bond donors (Lipinski definition) is 5. The Bertz CT molecular complexity index is 469. The average Bonchev–Trinajstić information content (AvgIpc) is 2.58. The van der Waals surface area contributed by atoms with Crippen LogP contribution in [0.4, 0.5) is 4.79 Å². The number of urea groups is 1. The summed E-state index contributed by atoms with van der Waals surface area (Å²) in [6, 6.07) is -0.312. The normalized spacial score (nSPS) is 26.1. The van der Waals surface area contributed by atoms with Crippen LogP contribution in [-0.2, 0) is 4.79 Å². The van der Waals surface area contributed by atoms with Crippen molar-refractivity contribution in [1.82, 2.24) is 16.0 Å². The van der Waals surface area contributed by atoms with E-state index < -0.39 is 17.2 Å². The smallest absolute Gasteiger partial charge is 0.319 e. The van der Waals surface area contributed by atoms with Crippen LogP contribution in [0.2, 0.25) is 0 Å². The highest BCUT2D eigenvalue weighted by atomic mass is 16.2. The van der Waals surface area contributed by atoms with E-state index in [0.717, 1.165) is 19.3 Å². The third kappa shape index (κ3) is 2.23. The summed E-state index contributed by atoms with van der Waals surface area (Å²) in [5.41, 5.74) is -0.525. The highest BCUT2D eigenvalue weighted by molar-refractivity contribution is 6.59. The molecule has 5 N–H and O–H groups in total. The molecule has 0 aromatic rings. The van der Waals surface area contributed by atoms with Crippen molar-refractivity contribution in [3.63, 3.8) is 0 Å². The van der Waals surface area contributed by atoms with Crippen LogP contribution in [0.25, 0.3) is 0 Å². The number of nitrogens with one attached hydrogen (secondary N) is 5. The molecule has 7 nitrogen and oxygen atoms in total. The van der Waals surface area contributed by atoms with E-state index in [2.05, 4.69) is 22.5 Å². The van der Waals surface area contributed by atoms with Crippen LogP contribution in [0.3, 0.4) is 0 Å². The van der Waals surface area contributed by atoms with Crippen molar-refractivity contribution in [2.24, 2.45) is 5.92 Å². The van der Waals surface area contributed by atoms with Gasteiger partial charge in [0.15, 0.2) is 0 Å². The van der Waals surface area contributed by atoms with Crippen molar-refractivity contribution < 1.29 is 9.59 Å². The largest absolute Gasteiger partial charge is 0.348 e. The molecule has 0 aromatic heterocycles. The summed E-state index contributed by atoms with van der Waals surface area (Å²) in [5, 5.41) is 22.2. The minimum atomic E-state index is -0.673. The van der Waals surface area contributed by atoms with E-state index in [1.807, 2.05) is 0 Å². The SMILES string of the molecule is C=C1NC(=O)NC1(CNC(=O)C(=N)C=N)C1CCC1. The molecule has 2 rings (SSSR count). The van der Waals surface area contributed by atoms with Crippen LogP contribution in [0.1, 0.15) is 19.3 Å². The summed E-state index contributed by atoms with van der Waals surface area (Å²) >= 11 is 0. The number of carbonyl (C=O) groups excluding carboxylic acids is 2. The van der Waals surface area contributed by atoms with Gasteiger partial charge in [0.05, 0.1) is 0 Å². The molecular formula is C12H17N5O2. The van der Waals surface area contributed by atoms with Crippen LogP contribution >= 0.6 is 0 Å². The first-order valence-corrected chi connectivity index (χ1v) is 6.15. The molecule has 1 saturated carbocycles. The van der Waals surface area contributed by atoms with Gasteiger partial charge in [-0.2, -0.15) is 0 Å². The molecule has 19 heavy (non-hydrogen) atoms. The first-order chi connectivity index (χ1) is 8.99. The van der Waals surface area contributed by atoms with Gasteiger partial charge in [0.1, 0.15) is 11.3 Å². The molecule has 1 unspecified atom stereocenters. The summed E-state index contributed by atoms with van der Waals surface area (Å²) in [6.45, 7) is 4.04. The highest BCUT2D eigenvalue weighted by Crippen LogP contribution is 2.40. The van der Waals surface area contributed by atoms with Gasteiger partial charge in [0.2, 0.25) is 0 Å². The molecule has 2 fully saturated rings. The average molecular weight is 263 g/mol. The Kier molecular flexibility index (Phi) is 3.37. The Morgan fingerprint density at radius 1 is 1.58 bits per heavy atom. The van der Waals surface area contributed by atoms with Gasteiger partial charge in [-0.3, -0.25) is 10.2 Å². The first-order valence-electron chi connectivity index (χ1n) is 6.15. The maximum Gasteiger partial charge on any atom is 0.319 e. The molecule has 0 radical (unpaired) electrons. The number of carbonyl (C=O) groups is 2. The highest BCUT2D eigenvalue weighted by Gasteiger charge is 2.49. The zero-order valence-electron chi connectivity index (χ0n) is 10.5. The molecule has 0 spiro atoms. The fourth-order valence-electron chi connectivity index (χ4n) is 2.48. The van der Waals surface area contributed by atoms with Crippen molar-refractivity contribution in [2.45, 2.75) is 24.8 Å². The van der Waals surface area contributed by atoms with E-state index in [1.54, 1.807) is 0 Å². The van der Waals surface area contributed by atoms with E-state index in [1.165, 1.54) is 0 Å². The lowest BCUT2D eigenvalue weighted by Gasteiger charge is -2.42. The van der Waals surface area contributed by atoms with Gasteiger partial charge in [-0.1, -0.05) is 13.0 Å². The Hall–Kier alpha value is -2.18. The molecule has 1 aliphatic carbocycles. The van der Waals surface area contributed by atoms with Gasteiger partial charge < -0.3 is 21.4 Å². The topological polar surface area (TPSA) is 118 Å². The van der Waals surface area contributed by atoms with Crippen molar-refractivity contribution in [3.8, 4) is 0 Å². The van der Waals surface area contributed by atoms with E-state index in [0.29, 0.717) is 11.9 Å². The van der Waals surface area contributed by atoms with Crippen molar-refractivity contribution in [3.05, 3.63) is 12.3 Å². The number of rotatable bonds is 5. The Morgan fingerprint density at radius 2 is 2.26 bits per heavy atom. The third-order valence-corrected chi connectivity index (χ3v) is 3.86. The zero-order chi connectivity index (χ0) is 14.0. The second kappa shape index (κ2) is 4.83. The Morgan fingerprint density at radius 3 is 2.68 bits per heavy atom. The molecule has 102 valence electrons. The number of amides is 3. The first kappa shape index (κ1) is 13.3. The minimum absolute atomic E-state index is 0.185. The quantitative estimate of drug-likeness (QED) is 0.453. The van der Waals surface area contributed by atoms with Gasteiger partial charge in [-0.25, -0.2) is 4.79 Å². The van der Waals surface area contributed by atoms with Gasteiger partial charge in [0, 0.05) is 18.5 Å². The fraction of sp³-hybridized carbons (Fsp3) is 0.500. The van der Waals surface area contributed by atoms with Gasteiger partial charge >= 0.3 is 6.03 Å². The summed E-state index contributed by atoms with van der Waals surface area (Å²) in [4.78, 5) is 23.0. The maximum atomic E-state index is 11.5. The lowest BCUT2D eigenvalue weighted by atomic mass is 9.69. The monoisotopic (exact) mass is 263 g/mol. The summed E-state index contributed by atoms with van der Waals surface area (Å²) in [5.74, 6) is -0.379. The van der Waals surface area contributed by atoms with Crippen LogP contribution < -0.4 is 16.0 Å². The zero-order valence-corrected chi connectivity index (χ0v) is 10.5. The van der Waals surface area contributed by atoms with E-state index in [-0.39, 0.29) is 18.5 Å².